The zero-order valence-electron chi connectivity index (χ0n) is 22.6. The zero-order chi connectivity index (χ0) is 27.5. The maximum Gasteiger partial charge on any atom is 0.254 e. The van der Waals surface area contributed by atoms with Gasteiger partial charge in [0.15, 0.2) is 0 Å². The Hall–Kier alpha value is -3.78. The normalized spacial score (nSPS) is 22.9. The molecule has 6 rings (SSSR count). The van der Waals surface area contributed by atoms with Crippen LogP contribution in [0.2, 0.25) is 0 Å². The summed E-state index contributed by atoms with van der Waals surface area (Å²) in [6.07, 6.45) is 4.14. The smallest absolute Gasteiger partial charge is 0.254 e. The molecule has 2 bridgehead atoms. The topological polar surface area (TPSA) is 62.8 Å². The first kappa shape index (κ1) is 26.4. The van der Waals surface area contributed by atoms with Gasteiger partial charge in [0.1, 0.15) is 17.5 Å². The summed E-state index contributed by atoms with van der Waals surface area (Å²) in [5.74, 6) is -0.804. The van der Waals surface area contributed by atoms with Crippen LogP contribution in [0.5, 0.6) is 0 Å². The molecule has 1 amide bonds. The number of halogens is 1. The highest BCUT2D eigenvalue weighted by Crippen LogP contribution is 2.52. The number of anilines is 2. The van der Waals surface area contributed by atoms with E-state index < -0.39 is 17.5 Å². The van der Waals surface area contributed by atoms with Crippen LogP contribution in [0.25, 0.3) is 0 Å². The maximum absolute atomic E-state index is 14.4. The molecular formula is C33H34FN3O3. The number of carbonyl (C=O) groups excluding carboxylic acids is 1. The fourth-order valence-electron chi connectivity index (χ4n) is 6.02. The van der Waals surface area contributed by atoms with E-state index in [1.807, 2.05) is 43.3 Å². The quantitative estimate of drug-likeness (QED) is 0.334. The Labute approximate surface area is 234 Å². The van der Waals surface area contributed by atoms with Gasteiger partial charge in [0, 0.05) is 25.3 Å². The highest BCUT2D eigenvalue weighted by Gasteiger charge is 2.54. The molecular weight excluding hydrogens is 505 g/mol. The molecule has 2 N–H and O–H groups in total. The van der Waals surface area contributed by atoms with Crippen molar-refractivity contribution < 1.29 is 18.7 Å². The van der Waals surface area contributed by atoms with Gasteiger partial charge in [0.05, 0.1) is 30.5 Å². The van der Waals surface area contributed by atoms with Crippen LogP contribution in [0.1, 0.15) is 30.5 Å². The second kappa shape index (κ2) is 11.4. The van der Waals surface area contributed by atoms with E-state index in [9.17, 15) is 9.18 Å². The fraction of sp³-hybridized carbons (Fsp3) is 0.303. The van der Waals surface area contributed by atoms with Gasteiger partial charge in [0.25, 0.3) is 5.91 Å². The van der Waals surface area contributed by atoms with Crippen molar-refractivity contribution in [2.75, 3.05) is 36.9 Å². The minimum Gasteiger partial charge on any atom is -0.379 e. The van der Waals surface area contributed by atoms with Crippen molar-refractivity contribution >= 4 is 17.3 Å². The molecule has 0 aromatic heterocycles. The van der Waals surface area contributed by atoms with Gasteiger partial charge in [0.2, 0.25) is 0 Å². The summed E-state index contributed by atoms with van der Waals surface area (Å²) in [6.45, 7) is 6.33. The molecule has 3 unspecified atom stereocenters. The van der Waals surface area contributed by atoms with Crippen molar-refractivity contribution in [3.8, 4) is 0 Å². The molecule has 0 radical (unpaired) electrons. The molecule has 40 heavy (non-hydrogen) atoms. The van der Waals surface area contributed by atoms with Crippen molar-refractivity contribution in [1.29, 1.82) is 0 Å². The van der Waals surface area contributed by atoms with Crippen LogP contribution >= 0.6 is 0 Å². The summed E-state index contributed by atoms with van der Waals surface area (Å²) in [4.78, 5) is 15.9. The van der Waals surface area contributed by atoms with Crippen molar-refractivity contribution in [2.24, 2.45) is 0 Å². The number of fused-ring (bicyclic) bond motifs is 2. The van der Waals surface area contributed by atoms with Crippen LogP contribution in [-0.4, -0.2) is 48.8 Å². The molecule has 6 nitrogen and oxygen atoms in total. The Balaban J connectivity index is 1.34. The second-order valence-electron chi connectivity index (χ2n) is 10.4. The first-order valence-corrected chi connectivity index (χ1v) is 13.9. The van der Waals surface area contributed by atoms with Crippen molar-refractivity contribution in [3.05, 3.63) is 119 Å². The molecule has 3 aromatic rings. The SMILES string of the molecule is CCC1=C(C(=O)Nc2ccccc2F)C2C=CC1(C(Nc1ccccc1)c1ccc(CN3CCOCC3)cc1)O2. The summed E-state index contributed by atoms with van der Waals surface area (Å²) in [5.41, 5.74) is 4.01. The number of carbonyl (C=O) groups is 1. The van der Waals surface area contributed by atoms with Crippen LogP contribution < -0.4 is 10.6 Å². The number of amides is 1. The van der Waals surface area contributed by atoms with Crippen LogP contribution in [0.3, 0.4) is 0 Å². The molecule has 3 heterocycles. The lowest BCUT2D eigenvalue weighted by molar-refractivity contribution is -0.113. The summed E-state index contributed by atoms with van der Waals surface area (Å²) >= 11 is 0. The van der Waals surface area contributed by atoms with Crippen LogP contribution in [0.15, 0.2) is 102 Å². The minimum absolute atomic E-state index is 0.158. The molecule has 3 aliphatic heterocycles. The van der Waals surface area contributed by atoms with E-state index in [0.29, 0.717) is 12.0 Å². The number of hydrogen-bond acceptors (Lipinski definition) is 5. The zero-order valence-corrected chi connectivity index (χ0v) is 22.6. The van der Waals surface area contributed by atoms with Crippen molar-refractivity contribution in [2.45, 2.75) is 37.6 Å². The molecule has 0 aliphatic carbocycles. The lowest BCUT2D eigenvalue weighted by atomic mass is 9.77. The van der Waals surface area contributed by atoms with Gasteiger partial charge in [-0.3, -0.25) is 9.69 Å². The van der Waals surface area contributed by atoms with Crippen LogP contribution in [0.4, 0.5) is 15.8 Å². The van der Waals surface area contributed by atoms with Gasteiger partial charge >= 0.3 is 0 Å². The summed E-state index contributed by atoms with van der Waals surface area (Å²) < 4.78 is 26.5. The summed E-state index contributed by atoms with van der Waals surface area (Å²) in [7, 11) is 0. The monoisotopic (exact) mass is 539 g/mol. The Morgan fingerprint density at radius 3 is 2.48 bits per heavy atom. The predicted molar refractivity (Wildman–Crippen MR) is 154 cm³/mol. The van der Waals surface area contributed by atoms with Gasteiger partial charge in [-0.2, -0.15) is 0 Å². The first-order valence-electron chi connectivity index (χ1n) is 13.9. The number of hydrogen-bond donors (Lipinski definition) is 2. The van der Waals surface area contributed by atoms with Crippen molar-refractivity contribution in [1.82, 2.24) is 4.90 Å². The Morgan fingerprint density at radius 1 is 1.02 bits per heavy atom. The molecule has 1 saturated heterocycles. The fourth-order valence-corrected chi connectivity index (χ4v) is 6.02. The maximum atomic E-state index is 14.4. The minimum atomic E-state index is -0.858. The third kappa shape index (κ3) is 5.08. The molecule has 7 heteroatoms. The molecule has 3 atom stereocenters. The Kier molecular flexibility index (Phi) is 7.52. The van der Waals surface area contributed by atoms with Gasteiger partial charge < -0.3 is 20.1 Å². The standard InChI is InChI=1S/C33H34FN3O3/c1-2-26-30(32(38)36-28-11-7-6-10-27(28)34)29-16-17-33(26,40-29)31(35-25-8-4-3-5-9-25)24-14-12-23(13-15-24)22-37-18-20-39-21-19-37/h3-17,29,31,35H,2,18-22H2,1H3,(H,36,38). The first-order chi connectivity index (χ1) is 19.6. The number of ether oxygens (including phenoxy) is 2. The van der Waals surface area contributed by atoms with Gasteiger partial charge in [-0.1, -0.05) is 67.6 Å². The number of morpholine rings is 1. The highest BCUT2D eigenvalue weighted by atomic mass is 19.1. The molecule has 3 aromatic carbocycles. The molecule has 0 saturated carbocycles. The van der Waals surface area contributed by atoms with Crippen molar-refractivity contribution in [3.63, 3.8) is 0 Å². The van der Waals surface area contributed by atoms with E-state index in [-0.39, 0.29) is 17.6 Å². The van der Waals surface area contributed by atoms with Gasteiger partial charge in [-0.05, 0) is 53.5 Å². The third-order valence-corrected chi connectivity index (χ3v) is 7.98. The largest absolute Gasteiger partial charge is 0.379 e. The second-order valence-corrected chi connectivity index (χ2v) is 10.4. The lowest BCUT2D eigenvalue weighted by Gasteiger charge is -2.37. The lowest BCUT2D eigenvalue weighted by Crippen LogP contribution is -2.40. The molecule has 206 valence electrons. The molecule has 3 aliphatic rings. The van der Waals surface area contributed by atoms with E-state index >= 15 is 0 Å². The van der Waals surface area contributed by atoms with Gasteiger partial charge in [-0.25, -0.2) is 4.39 Å². The number of nitrogens with one attached hydrogen (secondary N) is 2. The van der Waals surface area contributed by atoms with E-state index in [1.165, 1.54) is 11.6 Å². The number of nitrogens with zero attached hydrogens (tertiary/aromatic N) is 1. The molecule has 0 spiro atoms. The van der Waals surface area contributed by atoms with E-state index in [1.54, 1.807) is 18.2 Å². The number of para-hydroxylation sites is 2. The predicted octanol–water partition coefficient (Wildman–Crippen LogP) is 5.86. The van der Waals surface area contributed by atoms with Crippen LogP contribution in [-0.2, 0) is 20.8 Å². The van der Waals surface area contributed by atoms with E-state index in [4.69, 9.17) is 9.47 Å². The summed E-state index contributed by atoms with van der Waals surface area (Å²) in [5, 5.41) is 6.48. The molecule has 1 fully saturated rings. The number of benzene rings is 3. The average Bonchev–Trinajstić information content (AvgIpc) is 3.56. The number of rotatable bonds is 9. The average molecular weight is 540 g/mol. The Morgan fingerprint density at radius 2 is 1.75 bits per heavy atom. The highest BCUT2D eigenvalue weighted by molar-refractivity contribution is 6.06. The van der Waals surface area contributed by atoms with E-state index in [2.05, 4.69) is 45.9 Å². The summed E-state index contributed by atoms with van der Waals surface area (Å²) in [6, 6.07) is 24.6. The Bertz CT molecular complexity index is 1420. The van der Waals surface area contributed by atoms with Crippen LogP contribution in [0, 0.1) is 5.82 Å². The third-order valence-electron chi connectivity index (χ3n) is 7.98. The van der Waals surface area contributed by atoms with Gasteiger partial charge in [-0.15, -0.1) is 0 Å². The van der Waals surface area contributed by atoms with E-state index in [0.717, 1.165) is 49.7 Å².